The number of nitrogens with one attached hydrogen (secondary N) is 2. The molecule has 0 radical (unpaired) electrons. The minimum absolute atomic E-state index is 0.133. The molecule has 3 aromatic rings. The van der Waals surface area contributed by atoms with Crippen LogP contribution in [0.1, 0.15) is 12.5 Å². The Hall–Kier alpha value is -2.69. The van der Waals surface area contributed by atoms with Crippen LogP contribution in [0.4, 0.5) is 10.1 Å². The maximum atomic E-state index is 13.6. The Kier molecular flexibility index (Phi) is 3.87. The summed E-state index contributed by atoms with van der Waals surface area (Å²) in [4.78, 5) is 12.2. The van der Waals surface area contributed by atoms with Gasteiger partial charge in [0.2, 0.25) is 5.91 Å². The summed E-state index contributed by atoms with van der Waals surface area (Å²) in [5.41, 5.74) is 2.17. The number of carbonyl (C=O) groups excluding carboxylic acids is 1. The molecule has 1 amide bonds. The van der Waals surface area contributed by atoms with Crippen LogP contribution in [0.5, 0.6) is 0 Å². The van der Waals surface area contributed by atoms with Crippen LogP contribution in [-0.2, 0) is 11.2 Å². The maximum absolute atomic E-state index is 13.6. The van der Waals surface area contributed by atoms with E-state index in [2.05, 4.69) is 15.5 Å². The van der Waals surface area contributed by atoms with Gasteiger partial charge in [-0.25, -0.2) is 4.39 Å². The smallest absolute Gasteiger partial charge is 0.227 e. The molecule has 0 saturated carbocycles. The van der Waals surface area contributed by atoms with Crippen LogP contribution in [-0.4, -0.2) is 16.1 Å². The van der Waals surface area contributed by atoms with Crippen LogP contribution >= 0.6 is 0 Å². The summed E-state index contributed by atoms with van der Waals surface area (Å²) in [6.07, 6.45) is 2.07. The highest BCUT2D eigenvalue weighted by Crippen LogP contribution is 2.19. The summed E-state index contributed by atoms with van der Waals surface area (Å²) in [7, 11) is 0. The van der Waals surface area contributed by atoms with Gasteiger partial charge in [-0.15, -0.1) is 0 Å². The Morgan fingerprint density at radius 2 is 2.14 bits per heavy atom. The molecule has 0 aliphatic rings. The molecule has 2 N–H and O–H groups in total. The zero-order valence-corrected chi connectivity index (χ0v) is 12.1. The molecular formula is C17H16FN3O. The molecule has 0 aliphatic heterocycles. The first-order chi connectivity index (χ1) is 10.6. The molecule has 0 spiro atoms. The fourth-order valence-electron chi connectivity index (χ4n) is 2.37. The lowest BCUT2D eigenvalue weighted by atomic mass is 10.00. The molecule has 1 heterocycles. The number of fused-ring (bicyclic) bond motifs is 1. The number of aromatic nitrogens is 2. The van der Waals surface area contributed by atoms with Crippen molar-refractivity contribution in [1.29, 1.82) is 0 Å². The van der Waals surface area contributed by atoms with E-state index in [0.29, 0.717) is 17.7 Å². The summed E-state index contributed by atoms with van der Waals surface area (Å²) in [5, 5.41) is 10.6. The van der Waals surface area contributed by atoms with Crippen molar-refractivity contribution in [2.75, 3.05) is 5.32 Å². The van der Waals surface area contributed by atoms with Gasteiger partial charge in [0.1, 0.15) is 5.82 Å². The fourth-order valence-corrected chi connectivity index (χ4v) is 2.37. The second-order valence-corrected chi connectivity index (χ2v) is 5.36. The first-order valence-corrected chi connectivity index (χ1v) is 7.11. The van der Waals surface area contributed by atoms with Crippen LogP contribution in [0.2, 0.25) is 0 Å². The van der Waals surface area contributed by atoms with Crippen LogP contribution in [0.15, 0.2) is 48.7 Å². The van der Waals surface area contributed by atoms with Crippen molar-refractivity contribution >= 4 is 22.5 Å². The van der Waals surface area contributed by atoms with Crippen molar-refractivity contribution < 1.29 is 9.18 Å². The van der Waals surface area contributed by atoms with Gasteiger partial charge in [-0.05, 0) is 36.2 Å². The standard InChI is InChI=1S/C17H16FN3O/c1-11(8-12-4-2-3-5-15(12)18)17(22)20-14-6-7-16-13(9-14)10-19-21-16/h2-7,9-11H,8H2,1H3,(H,19,21)(H,20,22). The quantitative estimate of drug-likeness (QED) is 0.774. The summed E-state index contributed by atoms with van der Waals surface area (Å²) in [6.45, 7) is 1.79. The van der Waals surface area contributed by atoms with Crippen LogP contribution in [0.3, 0.4) is 0 Å². The van der Waals surface area contributed by atoms with Gasteiger partial charge in [-0.3, -0.25) is 9.89 Å². The van der Waals surface area contributed by atoms with Crippen molar-refractivity contribution in [2.45, 2.75) is 13.3 Å². The minimum Gasteiger partial charge on any atom is -0.326 e. The van der Waals surface area contributed by atoms with E-state index < -0.39 is 0 Å². The number of hydrogen-bond donors (Lipinski definition) is 2. The normalized spacial score (nSPS) is 12.3. The van der Waals surface area contributed by atoms with Gasteiger partial charge in [0.15, 0.2) is 0 Å². The Morgan fingerprint density at radius 3 is 2.95 bits per heavy atom. The van der Waals surface area contributed by atoms with Gasteiger partial charge in [0, 0.05) is 17.0 Å². The Balaban J connectivity index is 1.69. The van der Waals surface area contributed by atoms with Crippen LogP contribution < -0.4 is 5.32 Å². The largest absolute Gasteiger partial charge is 0.326 e. The molecule has 2 aromatic carbocycles. The summed E-state index contributed by atoms with van der Waals surface area (Å²) in [6, 6.07) is 12.1. The van der Waals surface area contributed by atoms with E-state index in [4.69, 9.17) is 0 Å². The van der Waals surface area contributed by atoms with Crippen molar-refractivity contribution in [3.63, 3.8) is 0 Å². The van der Waals surface area contributed by atoms with E-state index in [-0.39, 0.29) is 17.6 Å². The number of H-pyrrole nitrogens is 1. The molecule has 0 aliphatic carbocycles. The van der Waals surface area contributed by atoms with E-state index in [1.807, 2.05) is 18.2 Å². The second-order valence-electron chi connectivity index (χ2n) is 5.36. The molecule has 1 aromatic heterocycles. The predicted molar refractivity (Wildman–Crippen MR) is 84.0 cm³/mol. The number of carbonyl (C=O) groups is 1. The molecule has 0 fully saturated rings. The van der Waals surface area contributed by atoms with E-state index in [1.54, 1.807) is 31.3 Å². The van der Waals surface area contributed by atoms with Crippen LogP contribution in [0.25, 0.3) is 10.9 Å². The lowest BCUT2D eigenvalue weighted by Gasteiger charge is -2.13. The third kappa shape index (κ3) is 2.98. The zero-order valence-electron chi connectivity index (χ0n) is 12.1. The minimum atomic E-state index is -0.322. The molecule has 3 rings (SSSR count). The number of nitrogens with zero attached hydrogens (tertiary/aromatic N) is 1. The number of halogens is 1. The van der Waals surface area contributed by atoms with Gasteiger partial charge >= 0.3 is 0 Å². The molecule has 4 nitrogen and oxygen atoms in total. The highest BCUT2D eigenvalue weighted by Gasteiger charge is 2.15. The molecule has 1 unspecified atom stereocenters. The lowest BCUT2D eigenvalue weighted by Crippen LogP contribution is -2.22. The Morgan fingerprint density at radius 1 is 1.32 bits per heavy atom. The van der Waals surface area contributed by atoms with Gasteiger partial charge in [-0.1, -0.05) is 25.1 Å². The van der Waals surface area contributed by atoms with Crippen LogP contribution in [0, 0.1) is 11.7 Å². The Labute approximate surface area is 127 Å². The maximum Gasteiger partial charge on any atom is 0.227 e. The third-order valence-corrected chi connectivity index (χ3v) is 3.64. The number of anilines is 1. The first kappa shape index (κ1) is 14.3. The summed E-state index contributed by atoms with van der Waals surface area (Å²) in [5.74, 6) is -0.731. The zero-order chi connectivity index (χ0) is 15.5. The van der Waals surface area contributed by atoms with Gasteiger partial charge in [0.05, 0.1) is 11.7 Å². The van der Waals surface area contributed by atoms with Crippen molar-refractivity contribution in [2.24, 2.45) is 5.92 Å². The van der Waals surface area contributed by atoms with Crippen molar-refractivity contribution in [1.82, 2.24) is 10.2 Å². The number of hydrogen-bond acceptors (Lipinski definition) is 2. The lowest BCUT2D eigenvalue weighted by molar-refractivity contribution is -0.119. The van der Waals surface area contributed by atoms with E-state index in [0.717, 1.165) is 10.9 Å². The SMILES string of the molecule is CC(Cc1ccccc1F)C(=O)Nc1ccc2[nH]ncc2c1. The molecule has 1 atom stereocenters. The van der Waals surface area contributed by atoms with Gasteiger partial charge < -0.3 is 5.32 Å². The number of benzene rings is 2. The number of aromatic amines is 1. The number of amides is 1. The predicted octanol–water partition coefficient (Wildman–Crippen LogP) is 3.52. The fraction of sp³-hybridized carbons (Fsp3) is 0.176. The second kappa shape index (κ2) is 5.97. The molecule has 112 valence electrons. The highest BCUT2D eigenvalue weighted by atomic mass is 19.1. The molecule has 0 saturated heterocycles. The van der Waals surface area contributed by atoms with Gasteiger partial charge in [-0.2, -0.15) is 5.10 Å². The molecular weight excluding hydrogens is 281 g/mol. The third-order valence-electron chi connectivity index (χ3n) is 3.64. The summed E-state index contributed by atoms with van der Waals surface area (Å²) >= 11 is 0. The molecule has 0 bridgehead atoms. The van der Waals surface area contributed by atoms with Gasteiger partial charge in [0.25, 0.3) is 0 Å². The average Bonchev–Trinajstić information content (AvgIpc) is 2.97. The van der Waals surface area contributed by atoms with Crippen molar-refractivity contribution in [3.05, 3.63) is 60.0 Å². The highest BCUT2D eigenvalue weighted by molar-refractivity contribution is 5.94. The molecule has 5 heteroatoms. The van der Waals surface area contributed by atoms with E-state index in [9.17, 15) is 9.18 Å². The van der Waals surface area contributed by atoms with E-state index in [1.165, 1.54) is 6.07 Å². The number of rotatable bonds is 4. The average molecular weight is 297 g/mol. The van der Waals surface area contributed by atoms with Crippen molar-refractivity contribution in [3.8, 4) is 0 Å². The topological polar surface area (TPSA) is 57.8 Å². The first-order valence-electron chi connectivity index (χ1n) is 7.11. The summed E-state index contributed by atoms with van der Waals surface area (Å²) < 4.78 is 13.6. The van der Waals surface area contributed by atoms with E-state index >= 15 is 0 Å². The molecule has 22 heavy (non-hydrogen) atoms. The monoisotopic (exact) mass is 297 g/mol. The Bertz CT molecular complexity index is 812.